The molecule has 1 N–H and O–H groups in total. The summed E-state index contributed by atoms with van der Waals surface area (Å²) < 4.78 is 16.8. The maximum absolute atomic E-state index is 13.2. The van der Waals surface area contributed by atoms with Gasteiger partial charge in [0, 0.05) is 6.42 Å². The molecule has 0 radical (unpaired) electrons. The Kier molecular flexibility index (Phi) is 9.23. The standard InChI is InChI=1S/C24H34N2O6/c1-6-30-21-20(16(4)5)25-22(31-7-2)24(26-21,23(29)32-8-3)15-19(28)14-11-17-9-12-18(27)13-10-17/h9-10,12-13,16,20,27H,6-8,11,14-15H2,1-5H3. The fraction of sp³-hybridized carbons (Fsp3) is 0.583. The van der Waals surface area contributed by atoms with E-state index in [1.807, 2.05) is 20.8 Å². The molecule has 8 nitrogen and oxygen atoms in total. The van der Waals surface area contributed by atoms with Crippen LogP contribution < -0.4 is 0 Å². The van der Waals surface area contributed by atoms with Crippen molar-refractivity contribution in [2.75, 3.05) is 19.8 Å². The zero-order chi connectivity index (χ0) is 23.7. The third-order valence-electron chi connectivity index (χ3n) is 5.06. The van der Waals surface area contributed by atoms with E-state index >= 15 is 0 Å². The number of ketones is 1. The van der Waals surface area contributed by atoms with Crippen molar-refractivity contribution in [3.8, 4) is 5.75 Å². The molecule has 2 atom stereocenters. The van der Waals surface area contributed by atoms with Crippen LogP contribution in [0, 0.1) is 5.92 Å². The van der Waals surface area contributed by atoms with Crippen LogP contribution in [0.25, 0.3) is 0 Å². The van der Waals surface area contributed by atoms with E-state index in [1.165, 1.54) is 0 Å². The van der Waals surface area contributed by atoms with E-state index in [2.05, 4.69) is 9.98 Å². The van der Waals surface area contributed by atoms with Gasteiger partial charge in [-0.05, 0) is 50.8 Å². The lowest BCUT2D eigenvalue weighted by Crippen LogP contribution is -2.54. The Balaban J connectivity index is 2.38. The first-order valence-electron chi connectivity index (χ1n) is 11.2. The molecule has 1 aliphatic rings. The molecule has 1 heterocycles. The highest BCUT2D eigenvalue weighted by Gasteiger charge is 2.52. The first-order valence-corrected chi connectivity index (χ1v) is 11.2. The number of hydrogen-bond donors (Lipinski definition) is 1. The largest absolute Gasteiger partial charge is 0.508 e. The molecule has 0 aromatic heterocycles. The molecule has 2 rings (SSSR count). The van der Waals surface area contributed by atoms with Crippen molar-refractivity contribution < 1.29 is 28.9 Å². The molecule has 0 fully saturated rings. The van der Waals surface area contributed by atoms with E-state index in [4.69, 9.17) is 14.2 Å². The summed E-state index contributed by atoms with van der Waals surface area (Å²) in [7, 11) is 0. The number of nitrogens with zero attached hydrogens (tertiary/aromatic N) is 2. The number of carbonyl (C=O) groups excluding carboxylic acids is 2. The summed E-state index contributed by atoms with van der Waals surface area (Å²) in [5, 5.41) is 9.43. The van der Waals surface area contributed by atoms with Crippen LogP contribution in [0.2, 0.25) is 0 Å². The Labute approximate surface area is 189 Å². The first kappa shape index (κ1) is 25.4. The second-order valence-corrected chi connectivity index (χ2v) is 7.90. The third kappa shape index (κ3) is 6.08. The van der Waals surface area contributed by atoms with Crippen molar-refractivity contribution in [3.05, 3.63) is 29.8 Å². The van der Waals surface area contributed by atoms with E-state index < -0.39 is 17.6 Å². The smallest absolute Gasteiger partial charge is 0.344 e. The third-order valence-corrected chi connectivity index (χ3v) is 5.06. The van der Waals surface area contributed by atoms with Gasteiger partial charge in [-0.1, -0.05) is 26.0 Å². The molecule has 1 aliphatic heterocycles. The molecule has 1 aromatic rings. The molecule has 8 heteroatoms. The highest BCUT2D eigenvalue weighted by atomic mass is 16.5. The predicted octanol–water partition coefficient (Wildman–Crippen LogP) is 3.49. The second-order valence-electron chi connectivity index (χ2n) is 7.90. The van der Waals surface area contributed by atoms with Crippen LogP contribution in [0.3, 0.4) is 0 Å². The molecule has 0 saturated carbocycles. The molecule has 0 aliphatic carbocycles. The number of carbonyl (C=O) groups is 2. The molecule has 0 amide bonds. The number of phenols is 1. The zero-order valence-electron chi connectivity index (χ0n) is 19.6. The Morgan fingerprint density at radius 2 is 1.72 bits per heavy atom. The Hall–Kier alpha value is -2.90. The topological polar surface area (TPSA) is 107 Å². The lowest BCUT2D eigenvalue weighted by Gasteiger charge is -2.34. The molecule has 32 heavy (non-hydrogen) atoms. The Morgan fingerprint density at radius 1 is 1.06 bits per heavy atom. The van der Waals surface area contributed by atoms with Crippen LogP contribution in [-0.2, 0) is 30.2 Å². The molecule has 2 unspecified atom stereocenters. The SMILES string of the molecule is CCOC(=O)C1(CC(=O)CCc2ccc(O)cc2)N=C(OCC)C(C(C)C)N=C1OCC. The monoisotopic (exact) mass is 446 g/mol. The van der Waals surface area contributed by atoms with Crippen molar-refractivity contribution in [1.29, 1.82) is 0 Å². The van der Waals surface area contributed by atoms with Gasteiger partial charge in [-0.25, -0.2) is 14.8 Å². The number of aryl methyl sites for hydroxylation is 1. The van der Waals surface area contributed by atoms with Gasteiger partial charge in [-0.15, -0.1) is 0 Å². The van der Waals surface area contributed by atoms with Gasteiger partial charge in [0.25, 0.3) is 0 Å². The molecule has 176 valence electrons. The molecule has 0 saturated heterocycles. The molecular formula is C24H34N2O6. The summed E-state index contributed by atoms with van der Waals surface area (Å²) in [6, 6.07) is 6.26. The molecule has 0 spiro atoms. The van der Waals surface area contributed by atoms with Gasteiger partial charge in [0.1, 0.15) is 17.6 Å². The van der Waals surface area contributed by atoms with Crippen molar-refractivity contribution in [1.82, 2.24) is 0 Å². The van der Waals surface area contributed by atoms with E-state index in [-0.39, 0.29) is 49.4 Å². The van der Waals surface area contributed by atoms with Crippen LogP contribution in [0.1, 0.15) is 53.0 Å². The maximum Gasteiger partial charge on any atom is 0.344 e. The molecule has 1 aromatic carbocycles. The fourth-order valence-corrected chi connectivity index (χ4v) is 3.47. The van der Waals surface area contributed by atoms with Gasteiger partial charge in [0.05, 0.1) is 26.2 Å². The van der Waals surface area contributed by atoms with Crippen molar-refractivity contribution in [3.63, 3.8) is 0 Å². The normalized spacial score (nSPS) is 20.4. The number of ether oxygens (including phenoxy) is 3. The highest BCUT2D eigenvalue weighted by Crippen LogP contribution is 2.31. The zero-order valence-corrected chi connectivity index (χ0v) is 19.6. The van der Waals surface area contributed by atoms with Crippen LogP contribution in [0.15, 0.2) is 34.3 Å². The molecule has 0 bridgehead atoms. The van der Waals surface area contributed by atoms with Crippen LogP contribution in [0.4, 0.5) is 0 Å². The van der Waals surface area contributed by atoms with Gasteiger partial charge < -0.3 is 19.3 Å². The maximum atomic E-state index is 13.2. The number of hydrogen-bond acceptors (Lipinski definition) is 8. The number of benzene rings is 1. The van der Waals surface area contributed by atoms with E-state index in [9.17, 15) is 14.7 Å². The Bertz CT molecular complexity index is 847. The summed E-state index contributed by atoms with van der Waals surface area (Å²) in [6.45, 7) is 10.0. The van der Waals surface area contributed by atoms with Crippen LogP contribution in [0.5, 0.6) is 5.75 Å². The van der Waals surface area contributed by atoms with E-state index in [1.54, 1.807) is 38.1 Å². The predicted molar refractivity (Wildman–Crippen MR) is 122 cm³/mol. The van der Waals surface area contributed by atoms with Gasteiger partial charge in [0.2, 0.25) is 17.3 Å². The number of rotatable bonds is 10. The van der Waals surface area contributed by atoms with Gasteiger partial charge in [-0.3, -0.25) is 4.79 Å². The minimum atomic E-state index is -1.70. The Morgan fingerprint density at radius 3 is 2.28 bits per heavy atom. The minimum Gasteiger partial charge on any atom is -0.508 e. The number of aliphatic imine (C=N–C) groups is 2. The van der Waals surface area contributed by atoms with Gasteiger partial charge in [0.15, 0.2) is 0 Å². The van der Waals surface area contributed by atoms with E-state index in [0.29, 0.717) is 18.9 Å². The average Bonchev–Trinajstić information content (AvgIpc) is 2.75. The lowest BCUT2D eigenvalue weighted by atomic mass is 9.88. The van der Waals surface area contributed by atoms with Gasteiger partial charge >= 0.3 is 5.97 Å². The van der Waals surface area contributed by atoms with E-state index in [0.717, 1.165) is 5.56 Å². The van der Waals surface area contributed by atoms with Crippen LogP contribution >= 0.6 is 0 Å². The minimum absolute atomic E-state index is 0.0566. The summed E-state index contributed by atoms with van der Waals surface area (Å²) >= 11 is 0. The summed E-state index contributed by atoms with van der Waals surface area (Å²) in [4.78, 5) is 35.5. The number of aromatic hydroxyl groups is 1. The summed E-state index contributed by atoms with van der Waals surface area (Å²) in [5.41, 5.74) is -0.796. The highest BCUT2D eigenvalue weighted by molar-refractivity contribution is 6.14. The van der Waals surface area contributed by atoms with Crippen molar-refractivity contribution in [2.24, 2.45) is 15.9 Å². The van der Waals surface area contributed by atoms with Crippen molar-refractivity contribution >= 4 is 23.5 Å². The van der Waals surface area contributed by atoms with Crippen molar-refractivity contribution in [2.45, 2.75) is 65.5 Å². The average molecular weight is 447 g/mol. The molecular weight excluding hydrogens is 412 g/mol. The summed E-state index contributed by atoms with van der Waals surface area (Å²) in [5.74, 6) is -0.227. The summed E-state index contributed by atoms with van der Waals surface area (Å²) in [6.07, 6.45) is 0.429. The van der Waals surface area contributed by atoms with Crippen LogP contribution in [-0.4, -0.2) is 60.1 Å². The quantitative estimate of drug-likeness (QED) is 0.551. The lowest BCUT2D eigenvalue weighted by molar-refractivity contribution is -0.149. The number of phenolic OH excluding ortho intramolecular Hbond substituents is 1. The van der Waals surface area contributed by atoms with Gasteiger partial charge in [-0.2, -0.15) is 0 Å². The second kappa shape index (κ2) is 11.6. The number of Topliss-reactive ketones (excluding diaryl/α,β-unsaturated/α-hetero) is 1. The first-order chi connectivity index (χ1) is 15.3. The fourth-order valence-electron chi connectivity index (χ4n) is 3.47. The number of esters is 1.